The monoisotopic (exact) mass is 321 g/mol. The fourth-order valence-corrected chi connectivity index (χ4v) is 2.15. The van der Waals surface area contributed by atoms with Gasteiger partial charge in [0.15, 0.2) is 11.5 Å². The van der Waals surface area contributed by atoms with Gasteiger partial charge in [-0.2, -0.15) is 0 Å². The van der Waals surface area contributed by atoms with E-state index in [1.54, 1.807) is 7.11 Å². The predicted molar refractivity (Wildman–Crippen MR) is 93.1 cm³/mol. The van der Waals surface area contributed by atoms with Crippen molar-refractivity contribution in [1.82, 2.24) is 5.32 Å². The Morgan fingerprint density at radius 2 is 1.55 bits per heavy atom. The van der Waals surface area contributed by atoms with Crippen LogP contribution in [0.3, 0.4) is 0 Å². The Labute approximate surface area is 139 Å². The highest BCUT2D eigenvalue weighted by atomic mass is 35.5. The van der Waals surface area contributed by atoms with E-state index in [1.807, 2.05) is 19.1 Å². The Hall–Kier alpha value is -1.71. The van der Waals surface area contributed by atoms with Crippen LogP contribution in [0, 0.1) is 6.92 Å². The molecule has 0 aliphatic carbocycles. The summed E-state index contributed by atoms with van der Waals surface area (Å²) in [5, 5.41) is 3.44. The van der Waals surface area contributed by atoms with Crippen molar-refractivity contribution in [2.24, 2.45) is 0 Å². The van der Waals surface area contributed by atoms with E-state index in [0.29, 0.717) is 6.61 Å². The summed E-state index contributed by atoms with van der Waals surface area (Å²) in [5.74, 6) is 1.58. The standard InChI is InChI=1S/C18H23NO2.ClH/c1-4-21-17-10-9-16(11-18(17)20-3)13-19-12-15-7-5-14(2)6-8-15;/h5-11,19H,4,12-13H2,1-3H3;1H. The van der Waals surface area contributed by atoms with Crippen molar-refractivity contribution in [2.45, 2.75) is 26.9 Å². The van der Waals surface area contributed by atoms with Gasteiger partial charge in [-0.3, -0.25) is 0 Å². The number of hydrogen-bond donors (Lipinski definition) is 1. The molecule has 120 valence electrons. The normalized spacial score (nSPS) is 9.95. The largest absolute Gasteiger partial charge is 0.493 e. The molecule has 2 rings (SSSR count). The number of ether oxygens (including phenoxy) is 2. The summed E-state index contributed by atoms with van der Waals surface area (Å²) in [6, 6.07) is 14.6. The fourth-order valence-electron chi connectivity index (χ4n) is 2.15. The molecule has 22 heavy (non-hydrogen) atoms. The van der Waals surface area contributed by atoms with Crippen LogP contribution in [-0.4, -0.2) is 13.7 Å². The first-order valence-electron chi connectivity index (χ1n) is 7.29. The predicted octanol–water partition coefficient (Wildman–Crippen LogP) is 4.11. The maximum atomic E-state index is 5.52. The van der Waals surface area contributed by atoms with E-state index in [0.717, 1.165) is 24.6 Å². The van der Waals surface area contributed by atoms with Crippen LogP contribution in [0.15, 0.2) is 42.5 Å². The SMILES string of the molecule is CCOc1ccc(CNCc2ccc(C)cc2)cc1OC.Cl. The minimum Gasteiger partial charge on any atom is -0.493 e. The van der Waals surface area contributed by atoms with Crippen LogP contribution >= 0.6 is 12.4 Å². The first-order valence-corrected chi connectivity index (χ1v) is 7.29. The average Bonchev–Trinajstić information content (AvgIpc) is 2.51. The fraction of sp³-hybridized carbons (Fsp3) is 0.333. The molecule has 0 atom stereocenters. The number of rotatable bonds is 7. The third-order valence-corrected chi connectivity index (χ3v) is 3.31. The lowest BCUT2D eigenvalue weighted by atomic mass is 10.1. The third kappa shape index (κ3) is 5.24. The molecular formula is C18H24ClNO2. The Morgan fingerprint density at radius 3 is 2.18 bits per heavy atom. The Bertz CT molecular complexity index is 570. The summed E-state index contributed by atoms with van der Waals surface area (Å²) in [4.78, 5) is 0. The summed E-state index contributed by atoms with van der Waals surface area (Å²) < 4.78 is 10.9. The Kier molecular flexibility index (Phi) is 7.78. The Morgan fingerprint density at radius 1 is 0.909 bits per heavy atom. The van der Waals surface area contributed by atoms with Crippen molar-refractivity contribution >= 4 is 12.4 Å². The van der Waals surface area contributed by atoms with Crippen LogP contribution in [0.1, 0.15) is 23.6 Å². The van der Waals surface area contributed by atoms with Gasteiger partial charge < -0.3 is 14.8 Å². The zero-order valence-corrected chi connectivity index (χ0v) is 14.2. The highest BCUT2D eigenvalue weighted by molar-refractivity contribution is 5.85. The molecule has 2 aromatic carbocycles. The van der Waals surface area contributed by atoms with Crippen LogP contribution in [0.4, 0.5) is 0 Å². The van der Waals surface area contributed by atoms with Crippen molar-refractivity contribution in [3.63, 3.8) is 0 Å². The smallest absolute Gasteiger partial charge is 0.161 e. The molecule has 0 aliphatic rings. The van der Waals surface area contributed by atoms with Gasteiger partial charge in [-0.1, -0.05) is 35.9 Å². The van der Waals surface area contributed by atoms with Gasteiger partial charge in [-0.15, -0.1) is 12.4 Å². The minimum absolute atomic E-state index is 0. The van der Waals surface area contributed by atoms with Gasteiger partial charge in [-0.25, -0.2) is 0 Å². The third-order valence-electron chi connectivity index (χ3n) is 3.31. The van der Waals surface area contributed by atoms with Gasteiger partial charge in [0.25, 0.3) is 0 Å². The summed E-state index contributed by atoms with van der Waals surface area (Å²) in [7, 11) is 1.67. The number of methoxy groups -OCH3 is 1. The molecule has 0 saturated heterocycles. The lowest BCUT2D eigenvalue weighted by molar-refractivity contribution is 0.310. The molecule has 0 saturated carbocycles. The summed E-state index contributed by atoms with van der Waals surface area (Å²) in [6.07, 6.45) is 0. The van der Waals surface area contributed by atoms with Gasteiger partial charge >= 0.3 is 0 Å². The number of nitrogens with one attached hydrogen (secondary N) is 1. The van der Waals surface area contributed by atoms with Crippen molar-refractivity contribution in [1.29, 1.82) is 0 Å². The lowest BCUT2D eigenvalue weighted by Gasteiger charge is -2.11. The van der Waals surface area contributed by atoms with E-state index in [2.05, 4.69) is 42.6 Å². The maximum absolute atomic E-state index is 5.52. The zero-order chi connectivity index (χ0) is 15.1. The molecule has 4 heteroatoms. The molecule has 0 bridgehead atoms. The van der Waals surface area contributed by atoms with Crippen molar-refractivity contribution in [3.05, 3.63) is 59.2 Å². The maximum Gasteiger partial charge on any atom is 0.161 e. The summed E-state index contributed by atoms with van der Waals surface area (Å²) in [6.45, 7) is 6.37. The molecule has 0 spiro atoms. The highest BCUT2D eigenvalue weighted by Crippen LogP contribution is 2.27. The van der Waals surface area contributed by atoms with Gasteiger partial charge in [0.2, 0.25) is 0 Å². The molecule has 2 aromatic rings. The van der Waals surface area contributed by atoms with Crippen LogP contribution in [0.5, 0.6) is 11.5 Å². The van der Waals surface area contributed by atoms with Crippen LogP contribution in [0.25, 0.3) is 0 Å². The molecule has 0 aromatic heterocycles. The first-order chi connectivity index (χ1) is 10.2. The number of benzene rings is 2. The second-order valence-corrected chi connectivity index (χ2v) is 5.01. The van der Waals surface area contributed by atoms with Gasteiger partial charge in [0.05, 0.1) is 13.7 Å². The molecule has 0 heterocycles. The van der Waals surface area contributed by atoms with Crippen molar-refractivity contribution in [2.75, 3.05) is 13.7 Å². The molecule has 0 radical (unpaired) electrons. The second kappa shape index (κ2) is 9.34. The molecule has 0 aliphatic heterocycles. The number of halogens is 1. The van der Waals surface area contributed by atoms with E-state index in [-0.39, 0.29) is 12.4 Å². The zero-order valence-electron chi connectivity index (χ0n) is 13.4. The van der Waals surface area contributed by atoms with E-state index in [4.69, 9.17) is 9.47 Å². The quantitative estimate of drug-likeness (QED) is 0.832. The molecular weight excluding hydrogens is 298 g/mol. The average molecular weight is 322 g/mol. The highest BCUT2D eigenvalue weighted by Gasteiger charge is 2.05. The van der Waals surface area contributed by atoms with E-state index < -0.39 is 0 Å². The van der Waals surface area contributed by atoms with E-state index in [9.17, 15) is 0 Å². The lowest BCUT2D eigenvalue weighted by Crippen LogP contribution is -2.12. The van der Waals surface area contributed by atoms with E-state index in [1.165, 1.54) is 16.7 Å². The molecule has 0 amide bonds. The number of hydrogen-bond acceptors (Lipinski definition) is 3. The first kappa shape index (κ1) is 18.3. The summed E-state index contributed by atoms with van der Waals surface area (Å²) >= 11 is 0. The second-order valence-electron chi connectivity index (χ2n) is 5.01. The topological polar surface area (TPSA) is 30.5 Å². The van der Waals surface area contributed by atoms with Crippen molar-refractivity contribution < 1.29 is 9.47 Å². The van der Waals surface area contributed by atoms with Crippen molar-refractivity contribution in [3.8, 4) is 11.5 Å². The van der Waals surface area contributed by atoms with Gasteiger partial charge in [-0.05, 0) is 37.1 Å². The molecule has 0 unspecified atom stereocenters. The van der Waals surface area contributed by atoms with E-state index >= 15 is 0 Å². The Balaban J connectivity index is 0.00000242. The minimum atomic E-state index is 0. The van der Waals surface area contributed by atoms with Crippen LogP contribution in [0.2, 0.25) is 0 Å². The van der Waals surface area contributed by atoms with Gasteiger partial charge in [0, 0.05) is 13.1 Å². The van der Waals surface area contributed by atoms with Crippen LogP contribution < -0.4 is 14.8 Å². The molecule has 0 fully saturated rings. The summed E-state index contributed by atoms with van der Waals surface area (Å²) in [5.41, 5.74) is 3.76. The van der Waals surface area contributed by atoms with Crippen LogP contribution in [-0.2, 0) is 13.1 Å². The van der Waals surface area contributed by atoms with Gasteiger partial charge in [0.1, 0.15) is 0 Å². The molecule has 3 nitrogen and oxygen atoms in total. The molecule has 1 N–H and O–H groups in total. The number of aryl methyl sites for hydroxylation is 1.